The van der Waals surface area contributed by atoms with E-state index >= 15 is 0 Å². The number of carbonyl (C=O) groups excluding carboxylic acids is 1. The lowest BCUT2D eigenvalue weighted by molar-refractivity contribution is 0.0287. The third-order valence-electron chi connectivity index (χ3n) is 5.01. The molecule has 4 rings (SSSR count). The molecule has 0 bridgehead atoms. The summed E-state index contributed by atoms with van der Waals surface area (Å²) in [4.78, 5) is 19.0. The van der Waals surface area contributed by atoms with Crippen molar-refractivity contribution in [3.05, 3.63) is 29.1 Å². The van der Waals surface area contributed by atoms with Crippen molar-refractivity contribution >= 4 is 17.7 Å². The van der Waals surface area contributed by atoms with E-state index in [2.05, 4.69) is 4.98 Å². The molecule has 5 heteroatoms. The van der Waals surface area contributed by atoms with E-state index in [0.717, 1.165) is 54.7 Å². The van der Waals surface area contributed by atoms with Gasteiger partial charge in [-0.25, -0.2) is 0 Å². The van der Waals surface area contributed by atoms with Gasteiger partial charge in [-0.05, 0) is 51.2 Å². The minimum Gasteiger partial charge on any atom is -0.377 e. The van der Waals surface area contributed by atoms with Gasteiger partial charge in [0.05, 0.1) is 10.9 Å². The summed E-state index contributed by atoms with van der Waals surface area (Å²) in [5.41, 5.74) is 2.59. The number of amides is 1. The molecule has 0 N–H and O–H groups in total. The summed E-state index contributed by atoms with van der Waals surface area (Å²) in [6, 6.07) is 3.79. The Balaban J connectivity index is 1.32. The van der Waals surface area contributed by atoms with Crippen LogP contribution in [-0.4, -0.2) is 52.1 Å². The van der Waals surface area contributed by atoms with Crippen molar-refractivity contribution in [2.45, 2.75) is 44.0 Å². The number of likely N-dealkylation sites (tertiary alicyclic amines) is 1. The molecule has 23 heavy (non-hydrogen) atoms. The zero-order valence-corrected chi connectivity index (χ0v) is 14.7. The monoisotopic (exact) mass is 332 g/mol. The molecule has 2 saturated heterocycles. The Bertz CT molecular complexity index is 603. The maximum absolute atomic E-state index is 12.6. The molecule has 1 amide bonds. The number of thioether (sulfide) groups is 1. The molecule has 2 aliphatic heterocycles. The van der Waals surface area contributed by atoms with Crippen LogP contribution in [0.4, 0.5) is 0 Å². The second-order valence-electron chi connectivity index (χ2n) is 7.40. The number of pyridine rings is 1. The zero-order valence-electron chi connectivity index (χ0n) is 13.9. The fourth-order valence-electron chi connectivity index (χ4n) is 3.62. The minimum atomic E-state index is 0.146. The van der Waals surface area contributed by atoms with Crippen LogP contribution in [0.15, 0.2) is 12.1 Å². The molecule has 1 saturated carbocycles. The maximum Gasteiger partial charge on any atom is 0.254 e. The minimum absolute atomic E-state index is 0.146. The Morgan fingerprint density at radius 2 is 2.04 bits per heavy atom. The van der Waals surface area contributed by atoms with Crippen LogP contribution in [-0.2, 0) is 4.74 Å². The lowest BCUT2D eigenvalue weighted by Gasteiger charge is -2.47. The van der Waals surface area contributed by atoms with Crippen molar-refractivity contribution in [2.75, 3.05) is 25.4 Å². The molecule has 1 spiro atoms. The van der Waals surface area contributed by atoms with Crippen molar-refractivity contribution in [1.29, 1.82) is 0 Å². The highest BCUT2D eigenvalue weighted by Gasteiger charge is 2.51. The van der Waals surface area contributed by atoms with Crippen LogP contribution in [0.25, 0.3) is 0 Å². The Morgan fingerprint density at radius 3 is 2.70 bits per heavy atom. The molecule has 124 valence electrons. The molecule has 3 heterocycles. The first-order valence-corrected chi connectivity index (χ1v) is 9.52. The topological polar surface area (TPSA) is 42.4 Å². The molecule has 0 radical (unpaired) electrons. The largest absolute Gasteiger partial charge is 0.377 e. The average molecular weight is 332 g/mol. The van der Waals surface area contributed by atoms with Crippen LogP contribution < -0.4 is 0 Å². The molecule has 1 aromatic heterocycles. The highest BCUT2D eigenvalue weighted by molar-refractivity contribution is 8.01. The maximum atomic E-state index is 12.6. The van der Waals surface area contributed by atoms with Gasteiger partial charge in [0.2, 0.25) is 0 Å². The first-order valence-electron chi connectivity index (χ1n) is 8.53. The van der Waals surface area contributed by atoms with Gasteiger partial charge in [0.25, 0.3) is 5.91 Å². The molecule has 3 aliphatic rings. The van der Waals surface area contributed by atoms with Crippen molar-refractivity contribution in [1.82, 2.24) is 9.88 Å². The lowest BCUT2D eigenvalue weighted by atomic mass is 9.92. The SMILES string of the molecule is Cc1cc(C(=O)N2CC3(C[C@H](OCC4CC4)CS3)C2)cc(C)n1. The predicted octanol–water partition coefficient (Wildman–Crippen LogP) is 2.83. The van der Waals surface area contributed by atoms with Gasteiger partial charge < -0.3 is 9.64 Å². The van der Waals surface area contributed by atoms with Crippen molar-refractivity contribution in [2.24, 2.45) is 5.92 Å². The highest BCUT2D eigenvalue weighted by Crippen LogP contribution is 2.46. The van der Waals surface area contributed by atoms with Crippen molar-refractivity contribution < 1.29 is 9.53 Å². The summed E-state index contributed by atoms with van der Waals surface area (Å²) >= 11 is 2.00. The van der Waals surface area contributed by atoms with E-state index < -0.39 is 0 Å². The molecule has 3 fully saturated rings. The van der Waals surface area contributed by atoms with E-state index in [9.17, 15) is 4.79 Å². The Morgan fingerprint density at radius 1 is 1.35 bits per heavy atom. The number of carbonyl (C=O) groups is 1. The smallest absolute Gasteiger partial charge is 0.254 e. The average Bonchev–Trinajstić information content (AvgIpc) is 3.20. The molecule has 1 aliphatic carbocycles. The van der Waals surface area contributed by atoms with Gasteiger partial charge in [-0.3, -0.25) is 9.78 Å². The van der Waals surface area contributed by atoms with Crippen LogP contribution >= 0.6 is 11.8 Å². The summed E-state index contributed by atoms with van der Waals surface area (Å²) in [6.07, 6.45) is 4.18. The first-order chi connectivity index (χ1) is 11.0. The second-order valence-corrected chi connectivity index (χ2v) is 8.88. The van der Waals surface area contributed by atoms with Crippen molar-refractivity contribution in [3.8, 4) is 0 Å². The van der Waals surface area contributed by atoms with E-state index in [-0.39, 0.29) is 10.7 Å². The number of hydrogen-bond donors (Lipinski definition) is 0. The van der Waals surface area contributed by atoms with Gasteiger partial charge in [-0.15, -0.1) is 11.8 Å². The standard InChI is InChI=1S/C18H24N2O2S/c1-12-5-15(6-13(2)19-12)17(21)20-10-18(11-20)7-16(9-23-18)22-8-14-3-4-14/h5-6,14,16H,3-4,7-11H2,1-2H3/t16-/m0/s1. The quantitative estimate of drug-likeness (QED) is 0.850. The number of hydrogen-bond acceptors (Lipinski definition) is 4. The molecule has 0 aromatic carbocycles. The first kappa shape index (κ1) is 15.5. The molecule has 4 nitrogen and oxygen atoms in total. The number of rotatable bonds is 4. The predicted molar refractivity (Wildman–Crippen MR) is 91.9 cm³/mol. The second kappa shape index (κ2) is 5.78. The zero-order chi connectivity index (χ0) is 16.0. The summed E-state index contributed by atoms with van der Waals surface area (Å²) in [7, 11) is 0. The third-order valence-corrected chi connectivity index (χ3v) is 6.59. The summed E-state index contributed by atoms with van der Waals surface area (Å²) in [5.74, 6) is 2.06. The van der Waals surface area contributed by atoms with E-state index in [1.54, 1.807) is 0 Å². The van der Waals surface area contributed by atoms with Gasteiger partial charge in [-0.2, -0.15) is 0 Å². The summed E-state index contributed by atoms with van der Waals surface area (Å²) in [5, 5.41) is 0. The molecule has 1 aromatic rings. The number of aryl methyl sites for hydroxylation is 2. The molecule has 0 unspecified atom stereocenters. The van der Waals surface area contributed by atoms with Crippen LogP contribution in [0.2, 0.25) is 0 Å². The summed E-state index contributed by atoms with van der Waals surface area (Å²) in [6.45, 7) is 6.55. The third kappa shape index (κ3) is 3.26. The summed E-state index contributed by atoms with van der Waals surface area (Å²) < 4.78 is 6.29. The Kier molecular flexibility index (Phi) is 3.88. The van der Waals surface area contributed by atoms with E-state index in [1.165, 1.54) is 12.8 Å². The van der Waals surface area contributed by atoms with Gasteiger partial charge >= 0.3 is 0 Å². The van der Waals surface area contributed by atoms with Gasteiger partial charge in [0.1, 0.15) is 0 Å². The van der Waals surface area contributed by atoms with Crippen LogP contribution in [0.5, 0.6) is 0 Å². The fourth-order valence-corrected chi connectivity index (χ4v) is 5.17. The lowest BCUT2D eigenvalue weighted by Crippen LogP contribution is -2.60. The fraction of sp³-hybridized carbons (Fsp3) is 0.667. The highest BCUT2D eigenvalue weighted by atomic mass is 32.2. The van der Waals surface area contributed by atoms with Crippen molar-refractivity contribution in [3.63, 3.8) is 0 Å². The number of nitrogens with zero attached hydrogens (tertiary/aromatic N) is 2. The number of aromatic nitrogens is 1. The van der Waals surface area contributed by atoms with E-state index in [0.29, 0.717) is 6.10 Å². The molecular weight excluding hydrogens is 308 g/mol. The molecule has 1 atom stereocenters. The molecular formula is C18H24N2O2S. The van der Waals surface area contributed by atoms with Crippen LogP contribution in [0.3, 0.4) is 0 Å². The van der Waals surface area contributed by atoms with Gasteiger partial charge in [0, 0.05) is 42.4 Å². The van der Waals surface area contributed by atoms with Crippen LogP contribution in [0.1, 0.15) is 41.0 Å². The van der Waals surface area contributed by atoms with Gasteiger partial charge in [-0.1, -0.05) is 0 Å². The Labute approximate surface area is 142 Å². The van der Waals surface area contributed by atoms with E-state index in [1.807, 2.05) is 42.6 Å². The van der Waals surface area contributed by atoms with Crippen LogP contribution in [0, 0.1) is 19.8 Å². The van der Waals surface area contributed by atoms with E-state index in [4.69, 9.17) is 4.74 Å². The van der Waals surface area contributed by atoms with Gasteiger partial charge in [0.15, 0.2) is 0 Å². The normalized spacial score (nSPS) is 25.7. The Hall–Kier alpha value is -1.07. The number of ether oxygens (including phenoxy) is 1.